The number of piperazine rings is 1. The topological polar surface area (TPSA) is 109 Å². The van der Waals surface area contributed by atoms with Crippen molar-refractivity contribution >= 4 is 11.8 Å². The SMILES string of the molecule is Cn1cc(-c2ccc3c(c2)OCC[C@@H]2CC[C@H](O)[C@@H](CNC(=O)[C@@H]4CN(C5CCCC5)CCN4C3=O)O2)cn1. The van der Waals surface area contributed by atoms with Crippen molar-refractivity contribution in [2.45, 2.75) is 75.3 Å². The first-order chi connectivity index (χ1) is 19.0. The van der Waals surface area contributed by atoms with Gasteiger partial charge in [0, 0.05) is 57.4 Å². The van der Waals surface area contributed by atoms with E-state index in [1.807, 2.05) is 31.4 Å². The van der Waals surface area contributed by atoms with E-state index in [1.165, 1.54) is 12.8 Å². The molecule has 2 saturated heterocycles. The van der Waals surface area contributed by atoms with E-state index >= 15 is 0 Å². The first kappa shape index (κ1) is 26.3. The van der Waals surface area contributed by atoms with Crippen LogP contribution in [-0.2, 0) is 16.6 Å². The number of nitrogens with one attached hydrogen (secondary N) is 1. The summed E-state index contributed by atoms with van der Waals surface area (Å²) in [4.78, 5) is 31.8. The predicted molar refractivity (Wildman–Crippen MR) is 144 cm³/mol. The van der Waals surface area contributed by atoms with Gasteiger partial charge in [-0.3, -0.25) is 19.2 Å². The molecule has 3 aliphatic heterocycles. The van der Waals surface area contributed by atoms with E-state index in [-0.39, 0.29) is 24.5 Å². The molecule has 1 aromatic carbocycles. The van der Waals surface area contributed by atoms with Gasteiger partial charge < -0.3 is 24.8 Å². The van der Waals surface area contributed by atoms with Gasteiger partial charge in [-0.2, -0.15) is 5.10 Å². The van der Waals surface area contributed by atoms with Gasteiger partial charge in [0.1, 0.15) is 17.9 Å². The van der Waals surface area contributed by atoms with Crippen molar-refractivity contribution in [3.63, 3.8) is 0 Å². The molecule has 1 aromatic heterocycles. The summed E-state index contributed by atoms with van der Waals surface area (Å²) in [5, 5.41) is 17.9. The molecule has 0 spiro atoms. The monoisotopic (exact) mass is 537 g/mol. The number of aryl methyl sites for hydroxylation is 1. The van der Waals surface area contributed by atoms with Crippen LogP contribution in [0.25, 0.3) is 11.1 Å². The first-order valence-electron chi connectivity index (χ1n) is 14.4. The summed E-state index contributed by atoms with van der Waals surface area (Å²) in [6.07, 6.45) is 9.21. The molecule has 2 amide bonds. The van der Waals surface area contributed by atoms with E-state index in [0.29, 0.717) is 49.9 Å². The van der Waals surface area contributed by atoms with Crippen LogP contribution in [0.4, 0.5) is 0 Å². The molecule has 1 saturated carbocycles. The lowest BCUT2D eigenvalue weighted by atomic mass is 9.98. The third-order valence-electron chi connectivity index (χ3n) is 8.82. The molecule has 2 N–H and O–H groups in total. The fourth-order valence-corrected chi connectivity index (χ4v) is 6.56. The van der Waals surface area contributed by atoms with Crippen molar-refractivity contribution in [2.75, 3.05) is 32.8 Å². The van der Waals surface area contributed by atoms with Crippen LogP contribution in [0.5, 0.6) is 5.75 Å². The number of rotatable bonds is 2. The van der Waals surface area contributed by atoms with Crippen molar-refractivity contribution < 1.29 is 24.2 Å². The molecule has 39 heavy (non-hydrogen) atoms. The minimum absolute atomic E-state index is 0.0806. The zero-order valence-electron chi connectivity index (χ0n) is 22.6. The number of amides is 2. The number of aliphatic hydroxyl groups is 1. The Hall–Kier alpha value is -2.95. The fourth-order valence-electron chi connectivity index (χ4n) is 6.56. The van der Waals surface area contributed by atoms with Crippen LogP contribution < -0.4 is 10.1 Å². The van der Waals surface area contributed by atoms with Crippen molar-refractivity contribution in [1.29, 1.82) is 0 Å². The molecule has 10 heteroatoms. The Morgan fingerprint density at radius 2 is 1.90 bits per heavy atom. The van der Waals surface area contributed by atoms with E-state index in [0.717, 1.165) is 36.9 Å². The zero-order valence-corrected chi connectivity index (χ0v) is 22.6. The Kier molecular flexibility index (Phi) is 7.59. The van der Waals surface area contributed by atoms with Crippen LogP contribution in [0.1, 0.15) is 55.3 Å². The lowest BCUT2D eigenvalue weighted by molar-refractivity contribution is -0.135. The number of aromatic nitrogens is 2. The van der Waals surface area contributed by atoms with Gasteiger partial charge in [-0.05, 0) is 43.4 Å². The molecule has 1 aliphatic carbocycles. The number of hydrogen-bond donors (Lipinski definition) is 2. The molecular formula is C29H39N5O5. The summed E-state index contributed by atoms with van der Waals surface area (Å²) in [5.74, 6) is 0.112. The fraction of sp³-hybridized carbons (Fsp3) is 0.621. The Bertz CT molecular complexity index is 1190. The van der Waals surface area contributed by atoms with Gasteiger partial charge in [-0.1, -0.05) is 18.9 Å². The van der Waals surface area contributed by atoms with Crippen molar-refractivity contribution in [2.24, 2.45) is 7.05 Å². The van der Waals surface area contributed by atoms with E-state index in [2.05, 4.69) is 15.3 Å². The third kappa shape index (κ3) is 5.55. The second kappa shape index (κ2) is 11.3. The minimum atomic E-state index is -0.628. The molecule has 10 nitrogen and oxygen atoms in total. The Labute approximate surface area is 229 Å². The number of ether oxygens (including phenoxy) is 2. The van der Waals surface area contributed by atoms with Crippen LogP contribution in [0.15, 0.2) is 30.6 Å². The van der Waals surface area contributed by atoms with Gasteiger partial charge in [0.15, 0.2) is 0 Å². The molecule has 3 fully saturated rings. The average Bonchev–Trinajstić information content (AvgIpc) is 3.64. The Morgan fingerprint density at radius 1 is 1.05 bits per heavy atom. The zero-order chi connectivity index (χ0) is 26.9. The summed E-state index contributed by atoms with van der Waals surface area (Å²) >= 11 is 0. The molecule has 4 heterocycles. The second-order valence-corrected chi connectivity index (χ2v) is 11.4. The number of fused-ring (bicyclic) bond motifs is 4. The van der Waals surface area contributed by atoms with Gasteiger partial charge in [0.05, 0.1) is 30.6 Å². The van der Waals surface area contributed by atoms with E-state index in [1.54, 1.807) is 15.8 Å². The van der Waals surface area contributed by atoms with Gasteiger partial charge in [-0.25, -0.2) is 0 Å². The number of nitrogens with zero attached hydrogens (tertiary/aromatic N) is 4. The summed E-state index contributed by atoms with van der Waals surface area (Å²) in [6, 6.07) is 5.46. The van der Waals surface area contributed by atoms with Crippen LogP contribution >= 0.6 is 0 Å². The normalized spacial score (nSPS) is 29.2. The Balaban J connectivity index is 1.33. The van der Waals surface area contributed by atoms with Crippen molar-refractivity contribution in [3.8, 4) is 16.9 Å². The summed E-state index contributed by atoms with van der Waals surface area (Å²) in [5.41, 5.74) is 2.31. The van der Waals surface area contributed by atoms with Gasteiger partial charge in [0.25, 0.3) is 5.91 Å². The third-order valence-corrected chi connectivity index (χ3v) is 8.82. The van der Waals surface area contributed by atoms with Crippen LogP contribution in [0.3, 0.4) is 0 Å². The van der Waals surface area contributed by atoms with Gasteiger partial charge in [0.2, 0.25) is 5.91 Å². The van der Waals surface area contributed by atoms with Crippen molar-refractivity contribution in [3.05, 3.63) is 36.2 Å². The molecule has 2 aromatic rings. The maximum Gasteiger partial charge on any atom is 0.258 e. The molecule has 6 rings (SSSR count). The molecule has 210 valence electrons. The number of aliphatic hydroxyl groups excluding tert-OH is 1. The number of carbonyl (C=O) groups excluding carboxylic acids is 2. The first-order valence-corrected chi connectivity index (χ1v) is 14.4. The molecule has 2 bridgehead atoms. The van der Waals surface area contributed by atoms with E-state index < -0.39 is 18.2 Å². The maximum absolute atomic E-state index is 14.1. The largest absolute Gasteiger partial charge is 0.493 e. The minimum Gasteiger partial charge on any atom is -0.493 e. The predicted octanol–water partition coefficient (Wildman–Crippen LogP) is 1.96. The average molecular weight is 538 g/mol. The second-order valence-electron chi connectivity index (χ2n) is 11.4. The van der Waals surface area contributed by atoms with Gasteiger partial charge in [-0.15, -0.1) is 0 Å². The van der Waals surface area contributed by atoms with Crippen LogP contribution in [0.2, 0.25) is 0 Å². The number of carbonyl (C=O) groups is 2. The Morgan fingerprint density at radius 3 is 2.69 bits per heavy atom. The highest BCUT2D eigenvalue weighted by atomic mass is 16.5. The molecule has 0 radical (unpaired) electrons. The molecule has 0 unspecified atom stereocenters. The number of benzene rings is 1. The van der Waals surface area contributed by atoms with Crippen LogP contribution in [0, 0.1) is 0 Å². The molecule has 4 aliphatic rings. The maximum atomic E-state index is 14.1. The quantitative estimate of drug-likeness (QED) is 0.603. The molecular weight excluding hydrogens is 498 g/mol. The highest BCUT2D eigenvalue weighted by molar-refractivity contribution is 6.00. The van der Waals surface area contributed by atoms with E-state index in [9.17, 15) is 14.7 Å². The summed E-state index contributed by atoms with van der Waals surface area (Å²) in [6.45, 7) is 2.33. The standard InChI is InChI=1S/C29H39N5O5/c1-32-17-20(15-31-32)19-6-8-23-26(14-19)38-13-10-22-7-9-25(35)27(39-22)16-30-28(36)24-18-33(21-4-2-3-5-21)11-12-34(24)29(23)37/h6,8,14-15,17,21-22,24-25,27,35H,2-5,7,9-13,16,18H2,1H3,(H,30,36)/t22-,24-,25-,27+/m0/s1. The highest BCUT2D eigenvalue weighted by Crippen LogP contribution is 2.32. The summed E-state index contributed by atoms with van der Waals surface area (Å²) < 4.78 is 14.2. The smallest absolute Gasteiger partial charge is 0.258 e. The van der Waals surface area contributed by atoms with Gasteiger partial charge >= 0.3 is 0 Å². The highest BCUT2D eigenvalue weighted by Gasteiger charge is 2.40. The van der Waals surface area contributed by atoms with E-state index in [4.69, 9.17) is 9.47 Å². The lowest BCUT2D eigenvalue weighted by Crippen LogP contribution is -2.62. The molecule has 4 atom stereocenters. The van der Waals surface area contributed by atoms with Crippen LogP contribution in [-0.4, -0.2) is 99.7 Å². The number of hydrogen-bond acceptors (Lipinski definition) is 7. The summed E-state index contributed by atoms with van der Waals surface area (Å²) in [7, 11) is 1.87. The lowest BCUT2D eigenvalue weighted by Gasteiger charge is -2.43. The van der Waals surface area contributed by atoms with Crippen molar-refractivity contribution in [1.82, 2.24) is 24.9 Å².